The number of carbonyl (C=O) groups is 1. The van der Waals surface area contributed by atoms with Crippen LogP contribution in [0, 0.1) is 5.82 Å². The van der Waals surface area contributed by atoms with Crippen molar-refractivity contribution in [3.05, 3.63) is 35.8 Å². The van der Waals surface area contributed by atoms with E-state index in [9.17, 15) is 9.18 Å². The third kappa shape index (κ3) is 3.75. The Balaban J connectivity index is 2.54. The van der Waals surface area contributed by atoms with Crippen LogP contribution in [0.15, 0.2) is 24.4 Å². The van der Waals surface area contributed by atoms with Gasteiger partial charge >= 0.3 is 5.97 Å². The molecular weight excluding hydrogens is 309 g/mol. The van der Waals surface area contributed by atoms with Crippen molar-refractivity contribution in [3.8, 4) is 11.3 Å². The molecule has 1 heterocycles. The number of anilines is 1. The first-order valence-corrected chi connectivity index (χ1v) is 8.16. The lowest BCUT2D eigenvalue weighted by atomic mass is 10.1. The molecule has 1 aromatic heterocycles. The minimum absolute atomic E-state index is 0.0176. The van der Waals surface area contributed by atoms with E-state index < -0.39 is 11.8 Å². The Kier molecular flexibility index (Phi) is 5.59. The number of hydrogen-bond acceptors (Lipinski definition) is 4. The zero-order valence-electron chi connectivity index (χ0n) is 14.8. The number of hydrogen-bond donors (Lipinski definition) is 1. The first-order valence-electron chi connectivity index (χ1n) is 8.16. The summed E-state index contributed by atoms with van der Waals surface area (Å²) in [7, 11) is 0. The molecule has 0 saturated carbocycles. The van der Waals surface area contributed by atoms with E-state index in [-0.39, 0.29) is 24.3 Å². The van der Waals surface area contributed by atoms with E-state index in [0.29, 0.717) is 16.9 Å². The molecule has 24 heavy (non-hydrogen) atoms. The average molecular weight is 333 g/mol. The van der Waals surface area contributed by atoms with Crippen LogP contribution >= 0.6 is 0 Å². The zero-order chi connectivity index (χ0) is 17.9. The van der Waals surface area contributed by atoms with E-state index >= 15 is 0 Å². The number of aromatic nitrogens is 2. The summed E-state index contributed by atoms with van der Waals surface area (Å²) in [6.07, 6.45) is 1.44. The van der Waals surface area contributed by atoms with Gasteiger partial charge in [-0.2, -0.15) is 5.10 Å². The number of benzene rings is 1. The fraction of sp³-hybridized carbons (Fsp3) is 0.444. The summed E-state index contributed by atoms with van der Waals surface area (Å²) in [4.78, 5) is 12.2. The molecule has 0 radical (unpaired) electrons. The number of ether oxygens (including phenoxy) is 1. The van der Waals surface area contributed by atoms with Crippen molar-refractivity contribution in [3.63, 3.8) is 0 Å². The Labute approximate surface area is 141 Å². The zero-order valence-corrected chi connectivity index (χ0v) is 14.8. The summed E-state index contributed by atoms with van der Waals surface area (Å²) in [5.41, 5.74) is 1.74. The lowest BCUT2D eigenvalue weighted by Crippen LogP contribution is -2.11. The maximum Gasteiger partial charge on any atom is 0.341 e. The van der Waals surface area contributed by atoms with Gasteiger partial charge in [-0.15, -0.1) is 0 Å². The fourth-order valence-electron chi connectivity index (χ4n) is 2.51. The molecule has 0 fully saturated rings. The van der Waals surface area contributed by atoms with Crippen molar-refractivity contribution in [2.45, 2.75) is 46.7 Å². The topological polar surface area (TPSA) is 56.1 Å². The van der Waals surface area contributed by atoms with Gasteiger partial charge in [0.15, 0.2) is 0 Å². The number of nitrogens with one attached hydrogen (secondary N) is 1. The summed E-state index contributed by atoms with van der Waals surface area (Å²) < 4.78 is 21.4. The monoisotopic (exact) mass is 333 g/mol. The molecule has 2 aromatic rings. The largest absolute Gasteiger partial charge is 0.462 e. The van der Waals surface area contributed by atoms with Crippen LogP contribution in [0.3, 0.4) is 0 Å². The molecule has 6 heteroatoms. The summed E-state index contributed by atoms with van der Waals surface area (Å²) >= 11 is 0. The lowest BCUT2D eigenvalue weighted by Gasteiger charge is -2.15. The van der Waals surface area contributed by atoms with Crippen molar-refractivity contribution >= 4 is 11.7 Å². The molecule has 5 nitrogen and oxygen atoms in total. The van der Waals surface area contributed by atoms with Crippen LogP contribution in [0.2, 0.25) is 0 Å². The highest BCUT2D eigenvalue weighted by molar-refractivity contribution is 5.96. The minimum atomic E-state index is -0.497. The van der Waals surface area contributed by atoms with Crippen molar-refractivity contribution in [1.29, 1.82) is 0 Å². The molecule has 1 aromatic carbocycles. The molecule has 0 aliphatic rings. The molecule has 0 bridgehead atoms. The van der Waals surface area contributed by atoms with Crippen molar-refractivity contribution in [2.24, 2.45) is 0 Å². The Morgan fingerprint density at radius 1 is 1.33 bits per heavy atom. The average Bonchev–Trinajstić information content (AvgIpc) is 2.92. The smallest absolute Gasteiger partial charge is 0.341 e. The summed E-state index contributed by atoms with van der Waals surface area (Å²) in [6, 6.07) is 5.08. The van der Waals surface area contributed by atoms with Crippen molar-refractivity contribution in [2.75, 3.05) is 11.9 Å². The number of nitrogens with zero attached hydrogens (tertiary/aromatic N) is 2. The van der Waals surface area contributed by atoms with Gasteiger partial charge in [0.2, 0.25) is 0 Å². The van der Waals surface area contributed by atoms with Crippen LogP contribution in [-0.2, 0) is 4.74 Å². The normalized spacial score (nSPS) is 11.2. The third-order valence-electron chi connectivity index (χ3n) is 3.46. The van der Waals surface area contributed by atoms with E-state index in [2.05, 4.69) is 10.4 Å². The molecule has 0 saturated heterocycles. The molecule has 0 amide bonds. The SMILES string of the molecule is CCOC(=O)c1cnn(C(C)C)c1-c1ccc(NC(C)C)cc1F. The van der Waals surface area contributed by atoms with Crippen LogP contribution in [0.4, 0.5) is 10.1 Å². The highest BCUT2D eigenvalue weighted by Crippen LogP contribution is 2.31. The van der Waals surface area contributed by atoms with Crippen LogP contribution in [-0.4, -0.2) is 28.4 Å². The van der Waals surface area contributed by atoms with Gasteiger partial charge in [0, 0.05) is 23.3 Å². The second-order valence-electron chi connectivity index (χ2n) is 6.16. The predicted molar refractivity (Wildman–Crippen MR) is 92.7 cm³/mol. The van der Waals surface area contributed by atoms with Gasteiger partial charge in [-0.25, -0.2) is 9.18 Å². The van der Waals surface area contributed by atoms with E-state index in [4.69, 9.17) is 4.74 Å². The number of esters is 1. The predicted octanol–water partition coefficient (Wildman–Crippen LogP) is 4.27. The molecule has 2 rings (SSSR count). The Morgan fingerprint density at radius 3 is 2.58 bits per heavy atom. The van der Waals surface area contributed by atoms with Gasteiger partial charge < -0.3 is 10.1 Å². The van der Waals surface area contributed by atoms with Gasteiger partial charge in [-0.3, -0.25) is 4.68 Å². The maximum absolute atomic E-state index is 14.7. The maximum atomic E-state index is 14.7. The van der Waals surface area contributed by atoms with E-state index in [1.54, 1.807) is 23.7 Å². The van der Waals surface area contributed by atoms with Gasteiger partial charge in [-0.1, -0.05) is 0 Å². The molecule has 130 valence electrons. The highest BCUT2D eigenvalue weighted by Gasteiger charge is 2.23. The molecule has 0 aliphatic carbocycles. The summed E-state index contributed by atoms with van der Waals surface area (Å²) in [5.74, 6) is -0.906. The van der Waals surface area contributed by atoms with Crippen LogP contribution in [0.5, 0.6) is 0 Å². The summed E-state index contributed by atoms with van der Waals surface area (Å²) in [5, 5.41) is 7.40. The molecule has 1 N–H and O–H groups in total. The lowest BCUT2D eigenvalue weighted by molar-refractivity contribution is 0.0527. The van der Waals surface area contributed by atoms with Crippen LogP contribution in [0.25, 0.3) is 11.3 Å². The quantitative estimate of drug-likeness (QED) is 0.802. The van der Waals surface area contributed by atoms with Gasteiger partial charge in [0.05, 0.1) is 18.5 Å². The minimum Gasteiger partial charge on any atom is -0.462 e. The first-order chi connectivity index (χ1) is 11.3. The molecule has 0 atom stereocenters. The van der Waals surface area contributed by atoms with E-state index in [0.717, 1.165) is 0 Å². The second-order valence-corrected chi connectivity index (χ2v) is 6.16. The van der Waals surface area contributed by atoms with Crippen LogP contribution in [0.1, 0.15) is 51.0 Å². The Morgan fingerprint density at radius 2 is 2.04 bits per heavy atom. The standard InChI is InChI=1S/C18H24FN3O2/c1-6-24-18(23)15-10-20-22(12(4)5)17(15)14-8-7-13(9-16(14)19)21-11(2)3/h7-12,21H,6H2,1-5H3. The summed E-state index contributed by atoms with van der Waals surface area (Å²) in [6.45, 7) is 9.81. The van der Waals surface area contributed by atoms with Crippen molar-refractivity contribution < 1.29 is 13.9 Å². The number of halogens is 1. The molecule has 0 aliphatic heterocycles. The number of rotatable bonds is 6. The first kappa shape index (κ1) is 18.0. The van der Waals surface area contributed by atoms with Gasteiger partial charge in [-0.05, 0) is 52.8 Å². The number of carbonyl (C=O) groups excluding carboxylic acids is 1. The fourth-order valence-corrected chi connectivity index (χ4v) is 2.51. The Bertz CT molecular complexity index is 723. The molecular formula is C18H24FN3O2. The Hall–Kier alpha value is -2.37. The third-order valence-corrected chi connectivity index (χ3v) is 3.46. The second kappa shape index (κ2) is 7.47. The molecule has 0 unspecified atom stereocenters. The van der Waals surface area contributed by atoms with Crippen LogP contribution < -0.4 is 5.32 Å². The van der Waals surface area contributed by atoms with Gasteiger partial charge in [0.1, 0.15) is 11.4 Å². The highest BCUT2D eigenvalue weighted by atomic mass is 19.1. The van der Waals surface area contributed by atoms with E-state index in [1.807, 2.05) is 27.7 Å². The molecule has 0 spiro atoms. The van der Waals surface area contributed by atoms with Crippen molar-refractivity contribution in [1.82, 2.24) is 9.78 Å². The van der Waals surface area contributed by atoms with Gasteiger partial charge in [0.25, 0.3) is 0 Å². The van der Waals surface area contributed by atoms with E-state index in [1.165, 1.54) is 12.3 Å².